The van der Waals surface area contributed by atoms with E-state index in [1.807, 2.05) is 42.6 Å². The number of carbonyl (C=O) groups is 1. The van der Waals surface area contributed by atoms with Crippen molar-refractivity contribution in [3.8, 4) is 11.1 Å². The monoisotopic (exact) mass is 451 g/mol. The molecule has 0 spiro atoms. The fraction of sp³-hybridized carbons (Fsp3) is 0.250. The van der Waals surface area contributed by atoms with E-state index in [9.17, 15) is 4.79 Å². The van der Waals surface area contributed by atoms with Crippen molar-refractivity contribution in [1.82, 2.24) is 14.9 Å². The minimum absolute atomic E-state index is 0.0622. The number of para-hydroxylation sites is 1. The van der Waals surface area contributed by atoms with Crippen molar-refractivity contribution in [3.05, 3.63) is 78.0 Å². The molecule has 34 heavy (non-hydrogen) atoms. The van der Waals surface area contributed by atoms with Crippen LogP contribution in [0, 0.1) is 6.92 Å². The molecule has 0 atom stereocenters. The molecule has 1 N–H and O–H groups in total. The first-order valence-electron chi connectivity index (χ1n) is 11.7. The molecule has 1 aliphatic heterocycles. The van der Waals surface area contributed by atoms with Crippen molar-refractivity contribution >= 4 is 34.0 Å². The van der Waals surface area contributed by atoms with Crippen LogP contribution in [-0.2, 0) is 0 Å². The highest BCUT2D eigenvalue weighted by molar-refractivity contribution is 5.97. The predicted octanol–water partition coefficient (Wildman–Crippen LogP) is 5.30. The summed E-state index contributed by atoms with van der Waals surface area (Å²) in [5.74, 6) is 0.624. The molecule has 3 aromatic carbocycles. The minimum atomic E-state index is 0.0622. The molecule has 6 nitrogen and oxygen atoms in total. The molecular weight excluding hydrogens is 422 g/mol. The van der Waals surface area contributed by atoms with Crippen LogP contribution in [0.2, 0.25) is 0 Å². The molecule has 1 aromatic heterocycles. The fourth-order valence-electron chi connectivity index (χ4n) is 4.50. The van der Waals surface area contributed by atoms with Gasteiger partial charge < -0.3 is 15.1 Å². The number of rotatable bonds is 5. The molecule has 5 rings (SSSR count). The summed E-state index contributed by atoms with van der Waals surface area (Å²) in [6.07, 6.45) is 1.85. The summed E-state index contributed by atoms with van der Waals surface area (Å²) in [7, 11) is 2.17. The second-order valence-electron chi connectivity index (χ2n) is 8.99. The Morgan fingerprint density at radius 2 is 1.74 bits per heavy atom. The Hall–Kier alpha value is -3.77. The van der Waals surface area contributed by atoms with Gasteiger partial charge in [-0.25, -0.2) is 9.97 Å². The van der Waals surface area contributed by atoms with E-state index in [1.165, 1.54) is 11.3 Å². The second-order valence-corrected chi connectivity index (χ2v) is 8.99. The van der Waals surface area contributed by atoms with E-state index in [2.05, 4.69) is 58.3 Å². The van der Waals surface area contributed by atoms with Crippen LogP contribution in [0.25, 0.3) is 22.0 Å². The number of ketones is 1. The number of aryl methyl sites for hydroxylation is 1. The van der Waals surface area contributed by atoms with Gasteiger partial charge in [-0.15, -0.1) is 0 Å². The first-order chi connectivity index (χ1) is 16.5. The number of piperazine rings is 1. The Labute approximate surface area is 200 Å². The average molecular weight is 452 g/mol. The Morgan fingerprint density at radius 1 is 0.971 bits per heavy atom. The first kappa shape index (κ1) is 22.0. The zero-order valence-electron chi connectivity index (χ0n) is 19.9. The third kappa shape index (κ3) is 4.50. The third-order valence-electron chi connectivity index (χ3n) is 6.51. The number of benzene rings is 3. The first-order valence-corrected chi connectivity index (χ1v) is 11.7. The van der Waals surface area contributed by atoms with Gasteiger partial charge >= 0.3 is 0 Å². The summed E-state index contributed by atoms with van der Waals surface area (Å²) in [4.78, 5) is 25.8. The Kier molecular flexibility index (Phi) is 5.99. The van der Waals surface area contributed by atoms with Gasteiger partial charge in [0.1, 0.15) is 0 Å². The van der Waals surface area contributed by atoms with Crippen LogP contribution in [0.1, 0.15) is 22.8 Å². The number of nitrogens with zero attached hydrogens (tertiary/aromatic N) is 4. The lowest BCUT2D eigenvalue weighted by molar-refractivity contribution is 0.101. The topological polar surface area (TPSA) is 61.4 Å². The van der Waals surface area contributed by atoms with Crippen LogP contribution in [0.5, 0.6) is 0 Å². The third-order valence-corrected chi connectivity index (χ3v) is 6.51. The maximum atomic E-state index is 11.6. The maximum absolute atomic E-state index is 11.6. The molecule has 0 saturated carbocycles. The van der Waals surface area contributed by atoms with Crippen LogP contribution in [0.15, 0.2) is 66.9 Å². The van der Waals surface area contributed by atoms with E-state index in [4.69, 9.17) is 4.98 Å². The molecule has 4 aromatic rings. The Balaban J connectivity index is 1.42. The normalized spacial score (nSPS) is 14.4. The summed E-state index contributed by atoms with van der Waals surface area (Å²) < 4.78 is 0. The highest BCUT2D eigenvalue weighted by Gasteiger charge is 2.16. The van der Waals surface area contributed by atoms with Gasteiger partial charge in [-0.3, -0.25) is 4.79 Å². The smallest absolute Gasteiger partial charge is 0.227 e. The molecule has 0 amide bonds. The summed E-state index contributed by atoms with van der Waals surface area (Å²) in [5, 5.41) is 4.36. The zero-order valence-corrected chi connectivity index (χ0v) is 19.9. The van der Waals surface area contributed by atoms with Crippen LogP contribution >= 0.6 is 0 Å². The lowest BCUT2D eigenvalue weighted by Crippen LogP contribution is -2.44. The molecule has 1 aliphatic rings. The average Bonchev–Trinajstić information content (AvgIpc) is 2.84. The number of anilines is 3. The van der Waals surface area contributed by atoms with E-state index in [1.54, 1.807) is 6.92 Å². The van der Waals surface area contributed by atoms with E-state index in [0.29, 0.717) is 11.5 Å². The quantitative estimate of drug-likeness (QED) is 0.415. The number of hydrogen-bond donors (Lipinski definition) is 1. The molecule has 0 bridgehead atoms. The largest absolute Gasteiger partial charge is 0.369 e. The maximum Gasteiger partial charge on any atom is 0.227 e. The van der Waals surface area contributed by atoms with Crippen molar-refractivity contribution in [3.63, 3.8) is 0 Å². The van der Waals surface area contributed by atoms with Gasteiger partial charge in [0.15, 0.2) is 5.78 Å². The minimum Gasteiger partial charge on any atom is -0.369 e. The molecular formula is C28H29N5O. The van der Waals surface area contributed by atoms with Gasteiger partial charge in [-0.2, -0.15) is 0 Å². The highest BCUT2D eigenvalue weighted by Crippen LogP contribution is 2.30. The van der Waals surface area contributed by atoms with Crippen LogP contribution in [0.4, 0.5) is 17.3 Å². The number of aromatic nitrogens is 2. The van der Waals surface area contributed by atoms with Crippen LogP contribution in [-0.4, -0.2) is 53.9 Å². The predicted molar refractivity (Wildman–Crippen MR) is 139 cm³/mol. The molecule has 2 heterocycles. The number of carbonyl (C=O) groups excluding carboxylic acids is 1. The summed E-state index contributed by atoms with van der Waals surface area (Å²) in [6, 6.07) is 20.2. The lowest BCUT2D eigenvalue weighted by Gasteiger charge is -2.35. The van der Waals surface area contributed by atoms with E-state index >= 15 is 0 Å². The Bertz CT molecular complexity index is 1340. The molecule has 0 radical (unpaired) electrons. The SMILES string of the molecule is CC(=O)c1ccc(-c2cccc3cnc(Nc4ccc(N5CCN(C)CC5)c(C)c4)nc23)cc1. The summed E-state index contributed by atoms with van der Waals surface area (Å²) in [5.41, 5.74) is 7.11. The summed E-state index contributed by atoms with van der Waals surface area (Å²) >= 11 is 0. The van der Waals surface area contributed by atoms with Gasteiger partial charge in [0.2, 0.25) is 5.95 Å². The van der Waals surface area contributed by atoms with Gasteiger partial charge in [-0.05, 0) is 50.2 Å². The van der Waals surface area contributed by atoms with E-state index in [0.717, 1.165) is 53.9 Å². The van der Waals surface area contributed by atoms with Gasteiger partial charge in [-0.1, -0.05) is 42.5 Å². The lowest BCUT2D eigenvalue weighted by atomic mass is 10.0. The number of likely N-dealkylation sites (N-methyl/N-ethyl adjacent to an activating group) is 1. The van der Waals surface area contributed by atoms with Crippen molar-refractivity contribution in [2.45, 2.75) is 13.8 Å². The molecule has 6 heteroatoms. The van der Waals surface area contributed by atoms with Crippen molar-refractivity contribution in [2.24, 2.45) is 0 Å². The fourth-order valence-corrected chi connectivity index (χ4v) is 4.50. The van der Waals surface area contributed by atoms with Crippen molar-refractivity contribution in [1.29, 1.82) is 0 Å². The highest BCUT2D eigenvalue weighted by atomic mass is 16.1. The molecule has 0 unspecified atom stereocenters. The van der Waals surface area contributed by atoms with E-state index in [-0.39, 0.29) is 5.78 Å². The second kappa shape index (κ2) is 9.23. The van der Waals surface area contributed by atoms with E-state index < -0.39 is 0 Å². The van der Waals surface area contributed by atoms with Gasteiger partial charge in [0, 0.05) is 60.3 Å². The Morgan fingerprint density at radius 3 is 2.44 bits per heavy atom. The standard InChI is InChI=1S/C28H29N5O/c1-19-17-24(11-12-26(19)33-15-13-32(3)14-16-33)30-28-29-18-23-5-4-6-25(27(23)31-28)22-9-7-21(8-10-22)20(2)34/h4-12,17-18H,13-16H2,1-3H3,(H,29,30,31). The number of hydrogen-bond acceptors (Lipinski definition) is 6. The zero-order chi connectivity index (χ0) is 23.7. The summed E-state index contributed by atoms with van der Waals surface area (Å²) in [6.45, 7) is 8.01. The molecule has 0 aliphatic carbocycles. The molecule has 1 fully saturated rings. The van der Waals surface area contributed by atoms with Crippen LogP contribution in [0.3, 0.4) is 0 Å². The van der Waals surface area contributed by atoms with Crippen molar-refractivity contribution in [2.75, 3.05) is 43.4 Å². The van der Waals surface area contributed by atoms with Crippen molar-refractivity contribution < 1.29 is 4.79 Å². The van der Waals surface area contributed by atoms with Crippen LogP contribution < -0.4 is 10.2 Å². The van der Waals surface area contributed by atoms with Gasteiger partial charge in [0.25, 0.3) is 0 Å². The number of nitrogens with one attached hydrogen (secondary N) is 1. The molecule has 172 valence electrons. The van der Waals surface area contributed by atoms with Gasteiger partial charge in [0.05, 0.1) is 5.52 Å². The number of Topliss-reactive ketones (excluding diaryl/α,β-unsaturated/α-hetero) is 1. The number of fused-ring (bicyclic) bond motifs is 1. The molecule has 1 saturated heterocycles.